The predicted octanol–water partition coefficient (Wildman–Crippen LogP) is 2.33. The topological polar surface area (TPSA) is 107 Å². The smallest absolute Gasteiger partial charge is 0.311 e. The number of amides is 1. The molecule has 0 aliphatic heterocycles. The van der Waals surface area contributed by atoms with Gasteiger partial charge in [0.15, 0.2) is 12.4 Å². The first-order valence-corrected chi connectivity index (χ1v) is 6.72. The van der Waals surface area contributed by atoms with E-state index in [9.17, 15) is 14.9 Å². The summed E-state index contributed by atoms with van der Waals surface area (Å²) in [5, 5.41) is 14.6. The van der Waals surface area contributed by atoms with Gasteiger partial charge in [0, 0.05) is 6.07 Å². The van der Waals surface area contributed by atoms with Gasteiger partial charge < -0.3 is 9.15 Å². The Labute approximate surface area is 131 Å². The molecule has 0 saturated carbocycles. The average Bonchev–Trinajstić information content (AvgIpc) is 2.91. The molecular weight excluding hydrogens is 302 g/mol. The number of carbonyl (C=O) groups is 1. The summed E-state index contributed by atoms with van der Waals surface area (Å²) < 4.78 is 10.4. The Balaban J connectivity index is 1.89. The fourth-order valence-corrected chi connectivity index (χ4v) is 1.76. The van der Waals surface area contributed by atoms with Gasteiger partial charge in [0.1, 0.15) is 11.5 Å². The molecule has 8 nitrogen and oxygen atoms in total. The number of nitro groups is 1. The molecular formula is C15H15N3O5. The summed E-state index contributed by atoms with van der Waals surface area (Å²) >= 11 is 0. The first kappa shape index (κ1) is 16.2. The van der Waals surface area contributed by atoms with Crippen molar-refractivity contribution >= 4 is 17.8 Å². The fourth-order valence-electron chi connectivity index (χ4n) is 1.76. The number of ether oxygens (including phenoxy) is 1. The first-order valence-electron chi connectivity index (χ1n) is 6.72. The zero-order valence-electron chi connectivity index (χ0n) is 12.6. The van der Waals surface area contributed by atoms with E-state index < -0.39 is 17.4 Å². The monoisotopic (exact) mass is 317 g/mol. The van der Waals surface area contributed by atoms with Crippen LogP contribution in [-0.2, 0) is 4.79 Å². The highest BCUT2D eigenvalue weighted by molar-refractivity contribution is 5.81. The molecule has 23 heavy (non-hydrogen) atoms. The van der Waals surface area contributed by atoms with Gasteiger partial charge in [-0.1, -0.05) is 6.07 Å². The Bertz CT molecular complexity index is 751. The molecule has 1 N–H and O–H groups in total. The van der Waals surface area contributed by atoms with E-state index >= 15 is 0 Å². The highest BCUT2D eigenvalue weighted by atomic mass is 16.6. The molecule has 0 saturated heterocycles. The third-order valence-electron chi connectivity index (χ3n) is 2.81. The minimum absolute atomic E-state index is 0.0291. The number of furan rings is 1. The number of nitrogens with zero attached hydrogens (tertiary/aromatic N) is 2. The van der Waals surface area contributed by atoms with Crippen molar-refractivity contribution in [3.63, 3.8) is 0 Å². The lowest BCUT2D eigenvalue weighted by molar-refractivity contribution is -0.385. The van der Waals surface area contributed by atoms with Crippen LogP contribution in [0.15, 0.2) is 39.9 Å². The lowest BCUT2D eigenvalue weighted by Crippen LogP contribution is -2.24. The number of hydrogen-bond acceptors (Lipinski definition) is 6. The van der Waals surface area contributed by atoms with E-state index in [2.05, 4.69) is 10.5 Å². The molecule has 1 amide bonds. The van der Waals surface area contributed by atoms with Crippen LogP contribution in [0.3, 0.4) is 0 Å². The van der Waals surface area contributed by atoms with Crippen molar-refractivity contribution < 1.29 is 18.9 Å². The van der Waals surface area contributed by atoms with Crippen LogP contribution in [-0.4, -0.2) is 23.7 Å². The van der Waals surface area contributed by atoms with Crippen molar-refractivity contribution in [1.82, 2.24) is 5.43 Å². The minimum Gasteiger partial charge on any atom is -0.477 e. The zero-order chi connectivity index (χ0) is 16.8. The van der Waals surface area contributed by atoms with Gasteiger partial charge in [-0.25, -0.2) is 5.43 Å². The van der Waals surface area contributed by atoms with Gasteiger partial charge in [-0.2, -0.15) is 5.10 Å². The third-order valence-corrected chi connectivity index (χ3v) is 2.81. The summed E-state index contributed by atoms with van der Waals surface area (Å²) in [7, 11) is 0. The van der Waals surface area contributed by atoms with E-state index in [0.717, 1.165) is 11.3 Å². The van der Waals surface area contributed by atoms with Crippen LogP contribution >= 0.6 is 0 Å². The van der Waals surface area contributed by atoms with Crippen LogP contribution in [0.25, 0.3) is 0 Å². The maximum atomic E-state index is 11.6. The van der Waals surface area contributed by atoms with Crippen molar-refractivity contribution in [2.45, 2.75) is 13.8 Å². The standard InChI is InChI=1S/C15H15N3O5/c1-10-3-6-14(13(7-10)18(20)21)22-9-15(19)17-16-8-12-5-4-11(2)23-12/h3-8H,9H2,1-2H3,(H,17,19). The number of carbonyl (C=O) groups excluding carboxylic acids is 1. The lowest BCUT2D eigenvalue weighted by Gasteiger charge is -2.06. The molecule has 0 spiro atoms. The van der Waals surface area contributed by atoms with Gasteiger partial charge in [0.25, 0.3) is 5.91 Å². The average molecular weight is 317 g/mol. The highest BCUT2D eigenvalue weighted by Crippen LogP contribution is 2.27. The van der Waals surface area contributed by atoms with Crippen LogP contribution in [0.2, 0.25) is 0 Å². The second-order valence-electron chi connectivity index (χ2n) is 4.76. The number of rotatable bonds is 6. The van der Waals surface area contributed by atoms with E-state index in [0.29, 0.717) is 5.76 Å². The molecule has 0 atom stereocenters. The maximum absolute atomic E-state index is 11.6. The second-order valence-corrected chi connectivity index (χ2v) is 4.76. The van der Waals surface area contributed by atoms with Crippen molar-refractivity contribution in [1.29, 1.82) is 0 Å². The summed E-state index contributed by atoms with van der Waals surface area (Å²) in [5.74, 6) is 0.714. The van der Waals surface area contributed by atoms with Gasteiger partial charge in [-0.3, -0.25) is 14.9 Å². The maximum Gasteiger partial charge on any atom is 0.311 e. The van der Waals surface area contributed by atoms with E-state index in [1.165, 1.54) is 18.3 Å². The summed E-state index contributed by atoms with van der Waals surface area (Å²) in [5.41, 5.74) is 2.79. The number of nitro benzene ring substituents is 1. The Morgan fingerprint density at radius 3 is 2.83 bits per heavy atom. The summed E-state index contributed by atoms with van der Waals surface area (Å²) in [4.78, 5) is 22.0. The van der Waals surface area contributed by atoms with E-state index in [1.54, 1.807) is 32.0 Å². The summed E-state index contributed by atoms with van der Waals surface area (Å²) in [6.45, 7) is 3.13. The minimum atomic E-state index is -0.558. The number of hydrazone groups is 1. The Morgan fingerprint density at radius 2 is 2.17 bits per heavy atom. The number of hydrogen-bond donors (Lipinski definition) is 1. The Kier molecular flexibility index (Phi) is 5.08. The van der Waals surface area contributed by atoms with Crippen molar-refractivity contribution in [3.8, 4) is 5.75 Å². The first-order chi connectivity index (χ1) is 11.0. The molecule has 1 aromatic heterocycles. The molecule has 2 rings (SSSR count). The number of aryl methyl sites for hydroxylation is 2. The molecule has 0 fully saturated rings. The highest BCUT2D eigenvalue weighted by Gasteiger charge is 2.16. The van der Waals surface area contributed by atoms with Gasteiger partial charge in [-0.05, 0) is 37.6 Å². The van der Waals surface area contributed by atoms with Crippen LogP contribution in [0.1, 0.15) is 17.1 Å². The molecule has 8 heteroatoms. The van der Waals surface area contributed by atoms with Crippen molar-refractivity contribution in [2.75, 3.05) is 6.61 Å². The molecule has 0 radical (unpaired) electrons. The van der Waals surface area contributed by atoms with Gasteiger partial charge in [0.05, 0.1) is 11.1 Å². The molecule has 1 heterocycles. The lowest BCUT2D eigenvalue weighted by atomic mass is 10.2. The molecule has 2 aromatic rings. The molecule has 1 aromatic carbocycles. The third kappa shape index (κ3) is 4.67. The van der Waals surface area contributed by atoms with E-state index in [-0.39, 0.29) is 11.4 Å². The quantitative estimate of drug-likeness (QED) is 0.500. The van der Waals surface area contributed by atoms with E-state index in [1.807, 2.05) is 0 Å². The largest absolute Gasteiger partial charge is 0.477 e. The number of nitrogens with one attached hydrogen (secondary N) is 1. The summed E-state index contributed by atoms with van der Waals surface area (Å²) in [6, 6.07) is 7.97. The fraction of sp³-hybridized carbons (Fsp3) is 0.200. The summed E-state index contributed by atoms with van der Waals surface area (Å²) in [6.07, 6.45) is 1.35. The van der Waals surface area contributed by atoms with Crippen LogP contribution in [0.4, 0.5) is 5.69 Å². The van der Waals surface area contributed by atoms with Gasteiger partial charge in [-0.15, -0.1) is 0 Å². The predicted molar refractivity (Wildman–Crippen MR) is 82.5 cm³/mol. The SMILES string of the molecule is Cc1ccc(OCC(=O)NN=Cc2ccc(C)o2)c([N+](=O)[O-])c1. The van der Waals surface area contributed by atoms with Crippen molar-refractivity contribution in [2.24, 2.45) is 5.10 Å². The second kappa shape index (κ2) is 7.21. The molecule has 0 bridgehead atoms. The van der Waals surface area contributed by atoms with Crippen LogP contribution in [0.5, 0.6) is 5.75 Å². The zero-order valence-corrected chi connectivity index (χ0v) is 12.6. The number of benzene rings is 1. The van der Waals surface area contributed by atoms with Gasteiger partial charge in [0.2, 0.25) is 0 Å². The van der Waals surface area contributed by atoms with Crippen LogP contribution in [0, 0.1) is 24.0 Å². The van der Waals surface area contributed by atoms with E-state index in [4.69, 9.17) is 9.15 Å². The molecule has 0 unspecified atom stereocenters. The molecule has 0 aliphatic carbocycles. The normalized spacial score (nSPS) is 10.7. The molecule has 0 aliphatic rings. The Morgan fingerprint density at radius 1 is 1.39 bits per heavy atom. The molecule has 120 valence electrons. The van der Waals surface area contributed by atoms with Gasteiger partial charge >= 0.3 is 5.69 Å². The van der Waals surface area contributed by atoms with Crippen LogP contribution < -0.4 is 10.2 Å². The Hall–Kier alpha value is -3.16. The van der Waals surface area contributed by atoms with Crippen molar-refractivity contribution in [3.05, 3.63) is 57.5 Å².